The first-order valence-corrected chi connectivity index (χ1v) is 9.21. The van der Waals surface area contributed by atoms with Crippen LogP contribution in [0.25, 0.3) is 10.9 Å². The van der Waals surface area contributed by atoms with Gasteiger partial charge in [-0.15, -0.1) is 0 Å². The fourth-order valence-electron chi connectivity index (χ4n) is 2.45. The molecule has 2 aromatic heterocycles. The molecule has 8 nitrogen and oxygen atoms in total. The summed E-state index contributed by atoms with van der Waals surface area (Å²) in [6.45, 7) is -1.40. The SMILES string of the molecule is N#Cc1c[nH]c2c(NS(=O)(=O)c3cnn([C@H](CO)CF)c3)ccc(Cl)c12. The Morgan fingerprint density at radius 1 is 1.50 bits per heavy atom. The van der Waals surface area contributed by atoms with Crippen molar-refractivity contribution in [3.05, 3.63) is 41.3 Å². The molecule has 0 saturated heterocycles. The molecule has 1 aromatic carbocycles. The second kappa shape index (κ2) is 6.95. The van der Waals surface area contributed by atoms with Crippen molar-refractivity contribution >= 4 is 38.2 Å². The predicted molar refractivity (Wildman–Crippen MR) is 93.2 cm³/mol. The average molecular weight is 398 g/mol. The molecule has 1 atom stereocenters. The van der Waals surface area contributed by atoms with E-state index in [1.54, 1.807) is 0 Å². The Morgan fingerprint density at radius 2 is 2.27 bits per heavy atom. The third-order valence-corrected chi connectivity index (χ3v) is 5.44. The predicted octanol–water partition coefficient (Wildman–Crippen LogP) is 2.19. The number of aliphatic hydroxyl groups is 1. The minimum absolute atomic E-state index is 0.195. The maximum Gasteiger partial charge on any atom is 0.265 e. The van der Waals surface area contributed by atoms with Gasteiger partial charge >= 0.3 is 0 Å². The summed E-state index contributed by atoms with van der Waals surface area (Å²) in [6, 6.07) is 3.96. The summed E-state index contributed by atoms with van der Waals surface area (Å²) in [6.07, 6.45) is 3.62. The fraction of sp³-hybridized carbons (Fsp3) is 0.200. The minimum Gasteiger partial charge on any atom is -0.394 e. The van der Waals surface area contributed by atoms with Crippen LogP contribution in [0, 0.1) is 11.3 Å². The molecule has 0 aliphatic rings. The van der Waals surface area contributed by atoms with Gasteiger partial charge in [-0.05, 0) is 12.1 Å². The lowest BCUT2D eigenvalue weighted by Crippen LogP contribution is -2.16. The molecular formula is C15H13ClFN5O3S. The number of hydrogen-bond donors (Lipinski definition) is 3. The first kappa shape index (κ1) is 18.2. The largest absolute Gasteiger partial charge is 0.394 e. The van der Waals surface area contributed by atoms with Gasteiger partial charge in [0.1, 0.15) is 23.7 Å². The van der Waals surface area contributed by atoms with E-state index in [0.717, 1.165) is 17.1 Å². The summed E-state index contributed by atoms with van der Waals surface area (Å²) < 4.78 is 41.4. The number of nitrogens with one attached hydrogen (secondary N) is 2. The zero-order valence-electron chi connectivity index (χ0n) is 13.1. The van der Waals surface area contributed by atoms with Crippen molar-refractivity contribution in [1.82, 2.24) is 14.8 Å². The molecule has 3 rings (SSSR count). The van der Waals surface area contributed by atoms with Gasteiger partial charge in [-0.1, -0.05) is 11.6 Å². The minimum atomic E-state index is -4.03. The van der Waals surface area contributed by atoms with Crippen molar-refractivity contribution in [2.75, 3.05) is 18.0 Å². The molecule has 0 spiro atoms. The molecule has 0 radical (unpaired) electrons. The molecule has 0 bridgehead atoms. The Bertz CT molecular complexity index is 1100. The van der Waals surface area contributed by atoms with Crippen LogP contribution in [-0.2, 0) is 10.0 Å². The standard InChI is InChI=1S/C15H13ClFN5O3S/c16-12-1-2-13(15-14(12)9(4-18)5-19-15)21-26(24,25)11-6-20-22(7-11)10(3-17)8-23/h1-2,5-7,10,19,21,23H,3,8H2/t10-/m0/s1. The molecule has 0 amide bonds. The topological polar surface area (TPSA) is 124 Å². The Kier molecular flexibility index (Phi) is 4.86. The van der Waals surface area contributed by atoms with Gasteiger partial charge in [0.05, 0.1) is 34.6 Å². The van der Waals surface area contributed by atoms with Gasteiger partial charge in [-0.25, -0.2) is 12.8 Å². The third kappa shape index (κ3) is 3.12. The number of fused-ring (bicyclic) bond motifs is 1. The molecule has 0 saturated carbocycles. The van der Waals surface area contributed by atoms with E-state index in [1.165, 1.54) is 18.3 Å². The monoisotopic (exact) mass is 397 g/mol. The van der Waals surface area contributed by atoms with Crippen LogP contribution in [0.5, 0.6) is 0 Å². The molecule has 0 fully saturated rings. The number of hydrogen-bond acceptors (Lipinski definition) is 5. The number of nitriles is 1. The van der Waals surface area contributed by atoms with Gasteiger partial charge in [0.25, 0.3) is 10.0 Å². The molecule has 0 unspecified atom stereocenters. The smallest absolute Gasteiger partial charge is 0.265 e. The molecule has 11 heteroatoms. The molecule has 2 heterocycles. The van der Waals surface area contributed by atoms with Gasteiger partial charge in [-0.2, -0.15) is 10.4 Å². The van der Waals surface area contributed by atoms with E-state index in [4.69, 9.17) is 22.0 Å². The third-order valence-electron chi connectivity index (χ3n) is 3.80. The Balaban J connectivity index is 1.99. The molecule has 136 valence electrons. The molecule has 3 N–H and O–H groups in total. The Morgan fingerprint density at radius 3 is 2.92 bits per heavy atom. The maximum atomic E-state index is 12.8. The van der Waals surface area contributed by atoms with Crippen LogP contribution in [-0.4, -0.2) is 41.6 Å². The number of anilines is 1. The number of aromatic nitrogens is 3. The number of rotatable bonds is 6. The van der Waals surface area contributed by atoms with Crippen LogP contribution in [0.15, 0.2) is 35.6 Å². The number of nitrogens with zero attached hydrogens (tertiary/aromatic N) is 3. The van der Waals surface area contributed by atoms with Gasteiger partial charge < -0.3 is 10.1 Å². The number of aliphatic hydroxyl groups excluding tert-OH is 1. The van der Waals surface area contributed by atoms with Crippen molar-refractivity contribution in [3.63, 3.8) is 0 Å². The van der Waals surface area contributed by atoms with E-state index in [9.17, 15) is 12.8 Å². The zero-order chi connectivity index (χ0) is 18.9. The Labute approximate surface area is 152 Å². The van der Waals surface area contributed by atoms with Crippen molar-refractivity contribution in [1.29, 1.82) is 5.26 Å². The summed E-state index contributed by atoms with van der Waals surface area (Å²) in [5, 5.41) is 22.7. The highest BCUT2D eigenvalue weighted by Gasteiger charge is 2.21. The van der Waals surface area contributed by atoms with Crippen LogP contribution in [0.4, 0.5) is 10.1 Å². The molecule has 26 heavy (non-hydrogen) atoms. The summed E-state index contributed by atoms with van der Waals surface area (Å²) >= 11 is 6.09. The van der Waals surface area contributed by atoms with Crippen LogP contribution in [0.2, 0.25) is 5.02 Å². The van der Waals surface area contributed by atoms with Crippen LogP contribution >= 0.6 is 11.6 Å². The molecule has 0 aliphatic heterocycles. The first-order valence-electron chi connectivity index (χ1n) is 7.34. The number of benzene rings is 1. The van der Waals surface area contributed by atoms with Gasteiger partial charge in [0.15, 0.2) is 0 Å². The summed E-state index contributed by atoms with van der Waals surface area (Å²) in [4.78, 5) is 2.63. The van der Waals surface area contributed by atoms with Crippen molar-refractivity contribution < 1.29 is 17.9 Å². The number of H-pyrrole nitrogens is 1. The fourth-order valence-corrected chi connectivity index (χ4v) is 3.72. The number of aromatic amines is 1. The van der Waals surface area contributed by atoms with Crippen molar-refractivity contribution in [2.24, 2.45) is 0 Å². The summed E-state index contributed by atoms with van der Waals surface area (Å²) in [5.41, 5.74) is 0.845. The maximum absolute atomic E-state index is 12.8. The lowest BCUT2D eigenvalue weighted by atomic mass is 10.1. The number of halogens is 2. The summed E-state index contributed by atoms with van der Waals surface area (Å²) in [7, 11) is -4.03. The zero-order valence-corrected chi connectivity index (χ0v) is 14.7. The van der Waals surface area contributed by atoms with E-state index in [-0.39, 0.29) is 16.1 Å². The highest BCUT2D eigenvalue weighted by Crippen LogP contribution is 2.32. The van der Waals surface area contributed by atoms with Crippen molar-refractivity contribution in [3.8, 4) is 6.07 Å². The molecular weight excluding hydrogens is 385 g/mol. The second-order valence-electron chi connectivity index (χ2n) is 5.41. The highest BCUT2D eigenvalue weighted by molar-refractivity contribution is 7.92. The van der Waals surface area contributed by atoms with Crippen molar-refractivity contribution in [2.45, 2.75) is 10.9 Å². The van der Waals surface area contributed by atoms with E-state index < -0.39 is 29.3 Å². The number of alkyl halides is 1. The average Bonchev–Trinajstić information content (AvgIpc) is 3.26. The van der Waals surface area contributed by atoms with E-state index in [1.807, 2.05) is 6.07 Å². The lowest BCUT2D eigenvalue weighted by Gasteiger charge is -2.10. The second-order valence-corrected chi connectivity index (χ2v) is 7.50. The van der Waals surface area contributed by atoms with Gasteiger partial charge in [0, 0.05) is 17.8 Å². The lowest BCUT2D eigenvalue weighted by molar-refractivity contribution is 0.190. The first-order chi connectivity index (χ1) is 12.4. The summed E-state index contributed by atoms with van der Waals surface area (Å²) in [5.74, 6) is 0. The highest BCUT2D eigenvalue weighted by atomic mass is 35.5. The van der Waals surface area contributed by atoms with E-state index >= 15 is 0 Å². The quantitative estimate of drug-likeness (QED) is 0.588. The van der Waals surface area contributed by atoms with E-state index in [2.05, 4.69) is 14.8 Å². The number of sulfonamides is 1. The van der Waals surface area contributed by atoms with Crippen LogP contribution in [0.1, 0.15) is 11.6 Å². The molecule has 0 aliphatic carbocycles. The van der Waals surface area contributed by atoms with Crippen LogP contribution in [0.3, 0.4) is 0 Å². The normalized spacial score (nSPS) is 12.8. The van der Waals surface area contributed by atoms with E-state index in [0.29, 0.717) is 15.9 Å². The van der Waals surface area contributed by atoms with Gasteiger partial charge in [-0.3, -0.25) is 9.40 Å². The Hall–Kier alpha value is -2.61. The van der Waals surface area contributed by atoms with Crippen LogP contribution < -0.4 is 4.72 Å². The van der Waals surface area contributed by atoms with Gasteiger partial charge in [0.2, 0.25) is 0 Å². The molecule has 3 aromatic rings.